The molecule has 1 saturated carbocycles. The third-order valence-corrected chi connectivity index (χ3v) is 4.12. The van der Waals surface area contributed by atoms with E-state index in [1.807, 2.05) is 25.1 Å². The molecule has 0 atom stereocenters. The molecule has 0 unspecified atom stereocenters. The molecule has 1 aromatic rings. The van der Waals surface area contributed by atoms with Gasteiger partial charge in [0, 0.05) is 24.7 Å². The Labute approximate surface area is 137 Å². The summed E-state index contributed by atoms with van der Waals surface area (Å²) in [5, 5.41) is 16.6. The van der Waals surface area contributed by atoms with E-state index in [2.05, 4.69) is 15.6 Å². The summed E-state index contributed by atoms with van der Waals surface area (Å²) in [4.78, 5) is 4.57. The molecular formula is C17H27N3O3. The Morgan fingerprint density at radius 3 is 2.61 bits per heavy atom. The highest BCUT2D eigenvalue weighted by atomic mass is 16.5. The van der Waals surface area contributed by atoms with Gasteiger partial charge in [-0.15, -0.1) is 0 Å². The van der Waals surface area contributed by atoms with Gasteiger partial charge in [0.25, 0.3) is 0 Å². The van der Waals surface area contributed by atoms with Gasteiger partial charge in [0.05, 0.1) is 26.4 Å². The summed E-state index contributed by atoms with van der Waals surface area (Å²) >= 11 is 0. The summed E-state index contributed by atoms with van der Waals surface area (Å²) in [5.74, 6) is 2.21. The van der Waals surface area contributed by atoms with Crippen molar-refractivity contribution in [1.82, 2.24) is 10.6 Å². The lowest BCUT2D eigenvalue weighted by Gasteiger charge is -2.37. The molecule has 128 valence electrons. The van der Waals surface area contributed by atoms with Crippen LogP contribution in [0.5, 0.6) is 11.5 Å². The first-order valence-corrected chi connectivity index (χ1v) is 8.05. The first-order valence-electron chi connectivity index (χ1n) is 8.05. The number of hydrogen-bond donors (Lipinski definition) is 3. The molecule has 6 heteroatoms. The van der Waals surface area contributed by atoms with Gasteiger partial charge >= 0.3 is 0 Å². The van der Waals surface area contributed by atoms with Gasteiger partial charge in [-0.2, -0.15) is 0 Å². The van der Waals surface area contributed by atoms with Crippen LogP contribution in [0.3, 0.4) is 0 Å². The van der Waals surface area contributed by atoms with Crippen molar-refractivity contribution in [1.29, 1.82) is 0 Å². The van der Waals surface area contributed by atoms with E-state index in [9.17, 15) is 5.11 Å². The van der Waals surface area contributed by atoms with Gasteiger partial charge in [0.15, 0.2) is 5.96 Å². The first kappa shape index (κ1) is 17.4. The molecule has 3 N–H and O–H groups in total. The Kier molecular flexibility index (Phi) is 6.10. The number of ether oxygens (including phenoxy) is 2. The van der Waals surface area contributed by atoms with Crippen LogP contribution in [0, 0.1) is 0 Å². The number of aliphatic imine (C=N–C) groups is 1. The maximum absolute atomic E-state index is 10.2. The zero-order valence-corrected chi connectivity index (χ0v) is 14.2. The van der Waals surface area contributed by atoms with Crippen molar-refractivity contribution in [2.45, 2.75) is 38.3 Å². The normalized spacial score (nSPS) is 16.4. The quantitative estimate of drug-likeness (QED) is 0.526. The highest BCUT2D eigenvalue weighted by molar-refractivity contribution is 5.79. The molecule has 0 amide bonds. The SMILES string of the molecule is CCNC(=NCc1ccc(OC)cc1OC)NCC1(O)CCC1. The molecule has 0 aliphatic heterocycles. The van der Waals surface area contributed by atoms with Gasteiger partial charge in [-0.3, -0.25) is 0 Å². The summed E-state index contributed by atoms with van der Waals surface area (Å²) in [5.41, 5.74) is 0.404. The van der Waals surface area contributed by atoms with Crippen molar-refractivity contribution in [3.05, 3.63) is 23.8 Å². The molecule has 0 spiro atoms. The molecule has 1 aromatic carbocycles. The van der Waals surface area contributed by atoms with E-state index < -0.39 is 5.60 Å². The fourth-order valence-corrected chi connectivity index (χ4v) is 2.50. The predicted octanol–water partition coefficient (Wildman–Crippen LogP) is 1.67. The average molecular weight is 321 g/mol. The zero-order chi connectivity index (χ0) is 16.7. The number of guanidine groups is 1. The molecular weight excluding hydrogens is 294 g/mol. The molecule has 23 heavy (non-hydrogen) atoms. The molecule has 2 rings (SSSR count). The number of benzene rings is 1. The Balaban J connectivity index is 2.01. The molecule has 0 aromatic heterocycles. The summed E-state index contributed by atoms with van der Waals surface area (Å²) in [6.07, 6.45) is 2.80. The molecule has 0 bridgehead atoms. The number of aliphatic hydroxyl groups is 1. The summed E-state index contributed by atoms with van der Waals surface area (Å²) in [7, 11) is 3.27. The van der Waals surface area contributed by atoms with Crippen LogP contribution >= 0.6 is 0 Å². The van der Waals surface area contributed by atoms with E-state index in [4.69, 9.17) is 9.47 Å². The first-order chi connectivity index (χ1) is 11.1. The van der Waals surface area contributed by atoms with Gasteiger partial charge in [-0.1, -0.05) is 0 Å². The molecule has 0 saturated heterocycles. The largest absolute Gasteiger partial charge is 0.497 e. The summed E-state index contributed by atoms with van der Waals surface area (Å²) < 4.78 is 10.6. The second-order valence-corrected chi connectivity index (χ2v) is 5.80. The van der Waals surface area contributed by atoms with Crippen molar-refractivity contribution >= 4 is 5.96 Å². The lowest BCUT2D eigenvalue weighted by Crippen LogP contribution is -2.50. The fraction of sp³-hybridized carbons (Fsp3) is 0.588. The molecule has 0 heterocycles. The predicted molar refractivity (Wildman–Crippen MR) is 91.2 cm³/mol. The molecule has 6 nitrogen and oxygen atoms in total. The Bertz CT molecular complexity index is 542. The minimum Gasteiger partial charge on any atom is -0.497 e. The van der Waals surface area contributed by atoms with E-state index in [1.54, 1.807) is 14.2 Å². The number of methoxy groups -OCH3 is 2. The maximum Gasteiger partial charge on any atom is 0.191 e. The Hall–Kier alpha value is -1.95. The topological polar surface area (TPSA) is 75.1 Å². The number of hydrogen-bond acceptors (Lipinski definition) is 4. The molecule has 1 aliphatic carbocycles. The van der Waals surface area contributed by atoms with Crippen LogP contribution in [0.1, 0.15) is 31.7 Å². The van der Waals surface area contributed by atoms with E-state index >= 15 is 0 Å². The lowest BCUT2D eigenvalue weighted by atomic mass is 9.80. The van der Waals surface area contributed by atoms with E-state index in [1.165, 1.54) is 0 Å². The zero-order valence-electron chi connectivity index (χ0n) is 14.2. The van der Waals surface area contributed by atoms with Crippen molar-refractivity contribution in [2.75, 3.05) is 27.3 Å². The van der Waals surface area contributed by atoms with Crippen molar-refractivity contribution in [2.24, 2.45) is 4.99 Å². The van der Waals surface area contributed by atoms with Crippen LogP contribution in [0.15, 0.2) is 23.2 Å². The number of nitrogens with zero attached hydrogens (tertiary/aromatic N) is 1. The van der Waals surface area contributed by atoms with Gasteiger partial charge in [-0.25, -0.2) is 4.99 Å². The smallest absolute Gasteiger partial charge is 0.191 e. The van der Waals surface area contributed by atoms with Crippen LogP contribution in [0.2, 0.25) is 0 Å². The Morgan fingerprint density at radius 1 is 1.26 bits per heavy atom. The third kappa shape index (κ3) is 4.76. The van der Waals surface area contributed by atoms with Crippen LogP contribution < -0.4 is 20.1 Å². The standard InChI is InChI=1S/C17H27N3O3/c1-4-18-16(20-12-17(21)8-5-9-17)19-11-13-6-7-14(22-2)10-15(13)23-3/h6-7,10,21H,4-5,8-9,11-12H2,1-3H3,(H2,18,19,20). The van der Waals surface area contributed by atoms with Gasteiger partial charge in [0.1, 0.15) is 11.5 Å². The third-order valence-electron chi connectivity index (χ3n) is 4.12. The average Bonchev–Trinajstić information content (AvgIpc) is 2.55. The summed E-state index contributed by atoms with van der Waals surface area (Å²) in [6, 6.07) is 5.69. The minimum atomic E-state index is -0.575. The van der Waals surface area contributed by atoms with E-state index in [0.717, 1.165) is 42.9 Å². The molecule has 1 fully saturated rings. The van der Waals surface area contributed by atoms with Crippen LogP contribution in [-0.2, 0) is 6.54 Å². The maximum atomic E-state index is 10.2. The molecule has 0 radical (unpaired) electrons. The van der Waals surface area contributed by atoms with Crippen LogP contribution in [0.25, 0.3) is 0 Å². The van der Waals surface area contributed by atoms with E-state index in [-0.39, 0.29) is 0 Å². The van der Waals surface area contributed by atoms with Crippen LogP contribution in [-0.4, -0.2) is 44.0 Å². The molecule has 1 aliphatic rings. The number of nitrogens with one attached hydrogen (secondary N) is 2. The fourth-order valence-electron chi connectivity index (χ4n) is 2.50. The highest BCUT2D eigenvalue weighted by Crippen LogP contribution is 2.30. The van der Waals surface area contributed by atoms with Gasteiger partial charge < -0.3 is 25.2 Å². The minimum absolute atomic E-state index is 0.487. The second kappa shape index (κ2) is 8.06. The highest BCUT2D eigenvalue weighted by Gasteiger charge is 2.34. The van der Waals surface area contributed by atoms with Crippen molar-refractivity contribution in [3.8, 4) is 11.5 Å². The van der Waals surface area contributed by atoms with Gasteiger partial charge in [0.2, 0.25) is 0 Å². The van der Waals surface area contributed by atoms with E-state index in [0.29, 0.717) is 19.0 Å². The van der Waals surface area contributed by atoms with Crippen molar-refractivity contribution in [3.63, 3.8) is 0 Å². The van der Waals surface area contributed by atoms with Crippen LogP contribution in [0.4, 0.5) is 0 Å². The lowest BCUT2D eigenvalue weighted by molar-refractivity contribution is -0.0279. The summed E-state index contributed by atoms with van der Waals surface area (Å²) in [6.45, 7) is 3.80. The van der Waals surface area contributed by atoms with Crippen molar-refractivity contribution < 1.29 is 14.6 Å². The second-order valence-electron chi connectivity index (χ2n) is 5.80. The number of rotatable bonds is 7. The Morgan fingerprint density at radius 2 is 2.04 bits per heavy atom. The monoisotopic (exact) mass is 321 g/mol. The van der Waals surface area contributed by atoms with Gasteiger partial charge in [-0.05, 0) is 38.3 Å².